The van der Waals surface area contributed by atoms with E-state index in [-0.39, 0.29) is 17.1 Å². The molecular weight excluding hydrogens is 344 g/mol. The molecule has 0 spiro atoms. The summed E-state index contributed by atoms with van der Waals surface area (Å²) in [5, 5.41) is 28.9. The Balaban J connectivity index is 1.95. The average molecular weight is 360 g/mol. The van der Waals surface area contributed by atoms with E-state index in [0.717, 1.165) is 0 Å². The summed E-state index contributed by atoms with van der Waals surface area (Å²) in [4.78, 5) is 19.9. The summed E-state index contributed by atoms with van der Waals surface area (Å²) in [6.07, 6.45) is 2.90. The summed E-state index contributed by atoms with van der Waals surface area (Å²) >= 11 is 0. The zero-order chi connectivity index (χ0) is 19.2. The highest BCUT2D eigenvalue weighted by molar-refractivity contribution is 5.92. The van der Waals surface area contributed by atoms with Crippen molar-refractivity contribution >= 4 is 29.8 Å². The van der Waals surface area contributed by atoms with Crippen LogP contribution in [0.15, 0.2) is 76.7 Å². The Hall–Kier alpha value is -3.93. The van der Waals surface area contributed by atoms with Gasteiger partial charge in [0.15, 0.2) is 0 Å². The molecule has 134 valence electrons. The van der Waals surface area contributed by atoms with Gasteiger partial charge in [0.25, 0.3) is 0 Å². The van der Waals surface area contributed by atoms with Gasteiger partial charge in [-0.15, -0.1) is 0 Å². The molecule has 0 radical (unpaired) electrons. The Bertz CT molecular complexity index is 968. The highest BCUT2D eigenvalue weighted by atomic mass is 16.4. The van der Waals surface area contributed by atoms with E-state index in [1.165, 1.54) is 36.7 Å². The lowest BCUT2D eigenvalue weighted by atomic mass is 10.1. The van der Waals surface area contributed by atoms with E-state index in [9.17, 15) is 20.1 Å². The number of phenols is 2. The van der Waals surface area contributed by atoms with Gasteiger partial charge < -0.3 is 15.3 Å². The zero-order valence-electron chi connectivity index (χ0n) is 14.1. The minimum atomic E-state index is -1.10. The number of nitrogens with zero attached hydrogens (tertiary/aromatic N) is 2. The van der Waals surface area contributed by atoms with Gasteiger partial charge in [0.1, 0.15) is 11.5 Å². The van der Waals surface area contributed by atoms with E-state index in [1.54, 1.807) is 42.5 Å². The number of hydrogen-bond donors (Lipinski definition) is 3. The highest BCUT2D eigenvalue weighted by Gasteiger charge is 2.07. The lowest BCUT2D eigenvalue weighted by molar-refractivity contribution is 0.0697. The van der Waals surface area contributed by atoms with Crippen LogP contribution in [-0.4, -0.2) is 33.7 Å². The molecule has 0 fully saturated rings. The molecule has 0 saturated heterocycles. The Morgan fingerprint density at radius 3 is 1.59 bits per heavy atom. The molecule has 0 aliphatic heterocycles. The molecule has 0 bridgehead atoms. The SMILES string of the molecule is O=C(O)c1cc(N=Cc2ccccc2O)cc(N=Cc2ccccc2O)c1. The number of phenolic OH excluding ortho intramolecular Hbond substituents is 2. The van der Waals surface area contributed by atoms with Crippen LogP contribution in [0.5, 0.6) is 11.5 Å². The minimum Gasteiger partial charge on any atom is -0.507 e. The van der Waals surface area contributed by atoms with Gasteiger partial charge >= 0.3 is 5.97 Å². The lowest BCUT2D eigenvalue weighted by Gasteiger charge is -2.02. The van der Waals surface area contributed by atoms with Crippen molar-refractivity contribution in [1.82, 2.24) is 0 Å². The molecule has 6 heteroatoms. The number of aromatic hydroxyl groups is 2. The van der Waals surface area contributed by atoms with Crippen molar-refractivity contribution in [2.75, 3.05) is 0 Å². The number of para-hydroxylation sites is 2. The third-order valence-corrected chi connectivity index (χ3v) is 3.73. The zero-order valence-corrected chi connectivity index (χ0v) is 14.1. The van der Waals surface area contributed by atoms with E-state index in [1.807, 2.05) is 0 Å². The number of aliphatic imine (C=N–C) groups is 2. The second-order valence-electron chi connectivity index (χ2n) is 5.68. The number of carboxylic acid groups (broad SMARTS) is 1. The molecule has 3 N–H and O–H groups in total. The van der Waals surface area contributed by atoms with Crippen LogP contribution in [0.2, 0.25) is 0 Å². The molecular formula is C21H16N2O4. The van der Waals surface area contributed by atoms with Crippen LogP contribution >= 0.6 is 0 Å². The van der Waals surface area contributed by atoms with Gasteiger partial charge in [0.2, 0.25) is 0 Å². The number of benzene rings is 3. The summed E-state index contributed by atoms with van der Waals surface area (Å²) in [5.41, 5.74) is 1.81. The molecule has 0 aliphatic rings. The molecule has 0 aromatic heterocycles. The molecule has 3 aromatic rings. The first kappa shape index (κ1) is 17.9. The number of rotatable bonds is 5. The first-order chi connectivity index (χ1) is 13.0. The van der Waals surface area contributed by atoms with Gasteiger partial charge in [0.05, 0.1) is 16.9 Å². The van der Waals surface area contributed by atoms with E-state index in [4.69, 9.17) is 0 Å². The Kier molecular flexibility index (Phi) is 5.28. The highest BCUT2D eigenvalue weighted by Crippen LogP contribution is 2.25. The van der Waals surface area contributed by atoms with Crippen molar-refractivity contribution in [3.63, 3.8) is 0 Å². The summed E-state index contributed by atoms with van der Waals surface area (Å²) in [6.45, 7) is 0. The topological polar surface area (TPSA) is 102 Å². The Morgan fingerprint density at radius 1 is 0.741 bits per heavy atom. The summed E-state index contributed by atoms with van der Waals surface area (Å²) < 4.78 is 0. The van der Waals surface area contributed by atoms with Crippen molar-refractivity contribution in [2.24, 2.45) is 9.98 Å². The van der Waals surface area contributed by atoms with Gasteiger partial charge in [-0.2, -0.15) is 0 Å². The predicted octanol–water partition coefficient (Wildman–Crippen LogP) is 4.30. The van der Waals surface area contributed by atoms with Crippen LogP contribution in [0.3, 0.4) is 0 Å². The summed E-state index contributed by atoms with van der Waals surface area (Å²) in [5.74, 6) is -0.949. The fourth-order valence-corrected chi connectivity index (χ4v) is 2.35. The summed E-state index contributed by atoms with van der Waals surface area (Å²) in [6, 6.07) is 17.8. The van der Waals surface area contributed by atoms with Crippen molar-refractivity contribution in [3.05, 3.63) is 83.4 Å². The average Bonchev–Trinajstić information content (AvgIpc) is 2.66. The molecule has 0 aliphatic carbocycles. The molecule has 3 aromatic carbocycles. The molecule has 0 atom stereocenters. The molecule has 0 amide bonds. The molecule has 0 heterocycles. The second kappa shape index (κ2) is 7.97. The molecule has 3 rings (SSSR count). The smallest absolute Gasteiger partial charge is 0.335 e. The maximum Gasteiger partial charge on any atom is 0.335 e. The van der Waals surface area contributed by atoms with Crippen molar-refractivity contribution in [2.45, 2.75) is 0 Å². The number of hydrogen-bond acceptors (Lipinski definition) is 5. The first-order valence-electron chi connectivity index (χ1n) is 8.05. The fraction of sp³-hybridized carbons (Fsp3) is 0. The van der Waals surface area contributed by atoms with E-state index in [2.05, 4.69) is 9.98 Å². The van der Waals surface area contributed by atoms with Gasteiger partial charge in [-0.05, 0) is 42.5 Å². The fourth-order valence-electron chi connectivity index (χ4n) is 2.35. The van der Waals surface area contributed by atoms with Crippen LogP contribution < -0.4 is 0 Å². The van der Waals surface area contributed by atoms with Crippen molar-refractivity contribution < 1.29 is 20.1 Å². The number of carbonyl (C=O) groups is 1. The van der Waals surface area contributed by atoms with Gasteiger partial charge in [-0.3, -0.25) is 9.98 Å². The standard InChI is InChI=1S/C21H16N2O4/c24-19-7-3-1-5-14(19)12-22-17-9-16(21(26)27)10-18(11-17)23-13-15-6-2-4-8-20(15)25/h1-13,24-25H,(H,26,27). The number of aromatic carboxylic acids is 1. The third kappa shape index (κ3) is 4.58. The Morgan fingerprint density at radius 2 is 1.19 bits per heavy atom. The molecule has 6 nitrogen and oxygen atoms in total. The van der Waals surface area contributed by atoms with Crippen LogP contribution in [-0.2, 0) is 0 Å². The monoisotopic (exact) mass is 360 g/mol. The van der Waals surface area contributed by atoms with E-state index in [0.29, 0.717) is 22.5 Å². The summed E-state index contributed by atoms with van der Waals surface area (Å²) in [7, 11) is 0. The molecule has 27 heavy (non-hydrogen) atoms. The minimum absolute atomic E-state index is 0.0337. The largest absolute Gasteiger partial charge is 0.507 e. The second-order valence-corrected chi connectivity index (χ2v) is 5.68. The molecule has 0 unspecified atom stereocenters. The predicted molar refractivity (Wildman–Crippen MR) is 104 cm³/mol. The van der Waals surface area contributed by atoms with Crippen LogP contribution in [0.1, 0.15) is 21.5 Å². The normalized spacial score (nSPS) is 11.3. The van der Waals surface area contributed by atoms with Crippen LogP contribution in [0.25, 0.3) is 0 Å². The van der Waals surface area contributed by atoms with Crippen LogP contribution in [0.4, 0.5) is 11.4 Å². The van der Waals surface area contributed by atoms with E-state index < -0.39 is 5.97 Å². The number of carboxylic acids is 1. The first-order valence-corrected chi connectivity index (χ1v) is 8.05. The van der Waals surface area contributed by atoms with Gasteiger partial charge in [0, 0.05) is 23.6 Å². The van der Waals surface area contributed by atoms with Crippen molar-refractivity contribution in [1.29, 1.82) is 0 Å². The van der Waals surface area contributed by atoms with Crippen molar-refractivity contribution in [3.8, 4) is 11.5 Å². The maximum absolute atomic E-state index is 11.4. The quantitative estimate of drug-likeness (QED) is 0.590. The van der Waals surface area contributed by atoms with E-state index >= 15 is 0 Å². The van der Waals surface area contributed by atoms with Gasteiger partial charge in [-0.1, -0.05) is 24.3 Å². The molecule has 0 saturated carbocycles. The van der Waals surface area contributed by atoms with Gasteiger partial charge in [-0.25, -0.2) is 4.79 Å². The van der Waals surface area contributed by atoms with Crippen LogP contribution in [0, 0.1) is 0 Å². The maximum atomic E-state index is 11.4. The Labute approximate surface area is 155 Å². The third-order valence-electron chi connectivity index (χ3n) is 3.73. The lowest BCUT2D eigenvalue weighted by Crippen LogP contribution is -1.95.